The highest BCUT2D eigenvalue weighted by molar-refractivity contribution is 5.80. The van der Waals surface area contributed by atoms with Crippen LogP contribution in [-0.2, 0) is 28.5 Å². The number of aliphatic hydroxyl groups excluding tert-OH is 6. The molecule has 4 aromatic rings. The molecule has 0 saturated heterocycles. The van der Waals surface area contributed by atoms with Gasteiger partial charge in [0.1, 0.15) is 13.2 Å². The molecular formula is C54H69N3O12. The number of unbranched alkanes of at least 4 members (excludes halogenated alkanes) is 1. The van der Waals surface area contributed by atoms with E-state index in [0.29, 0.717) is 71.5 Å². The second kappa shape index (κ2) is 26.1. The summed E-state index contributed by atoms with van der Waals surface area (Å²) in [6.07, 6.45) is -0.634. The van der Waals surface area contributed by atoms with Gasteiger partial charge < -0.3 is 49.6 Å². The van der Waals surface area contributed by atoms with Crippen LogP contribution >= 0.6 is 0 Å². The first kappa shape index (κ1) is 53.2. The van der Waals surface area contributed by atoms with Gasteiger partial charge in [-0.25, -0.2) is 0 Å². The molecule has 0 aromatic heterocycles. The highest BCUT2D eigenvalue weighted by Crippen LogP contribution is 2.46. The van der Waals surface area contributed by atoms with Gasteiger partial charge in [-0.1, -0.05) is 116 Å². The predicted octanol–water partition coefficient (Wildman–Crippen LogP) is 7.07. The van der Waals surface area contributed by atoms with Crippen molar-refractivity contribution in [2.24, 2.45) is 28.8 Å². The molecule has 15 nitrogen and oxygen atoms in total. The number of ether oxygens (including phenoxy) is 4. The van der Waals surface area contributed by atoms with Crippen molar-refractivity contribution in [1.29, 1.82) is 0 Å². The second-order valence-corrected chi connectivity index (χ2v) is 18.6. The van der Waals surface area contributed by atoms with Crippen LogP contribution in [0, 0.1) is 23.7 Å². The van der Waals surface area contributed by atoms with Gasteiger partial charge in [0.25, 0.3) is 0 Å². The van der Waals surface area contributed by atoms with Crippen molar-refractivity contribution in [3.8, 4) is 22.3 Å². The summed E-state index contributed by atoms with van der Waals surface area (Å²) in [7, 11) is 0. The van der Waals surface area contributed by atoms with E-state index in [1.54, 1.807) is 0 Å². The minimum absolute atomic E-state index is 0.0683. The fourth-order valence-corrected chi connectivity index (χ4v) is 10.1. The Bertz CT molecular complexity index is 2230. The first-order chi connectivity index (χ1) is 33.4. The summed E-state index contributed by atoms with van der Waals surface area (Å²) in [4.78, 5) is 26.0. The zero-order valence-corrected chi connectivity index (χ0v) is 39.8. The molecule has 4 aliphatic carbocycles. The van der Waals surface area contributed by atoms with E-state index in [1.807, 2.05) is 62.4 Å². The van der Waals surface area contributed by atoms with E-state index in [9.17, 15) is 35.1 Å². The van der Waals surface area contributed by atoms with Gasteiger partial charge in [0.2, 0.25) is 0 Å². The van der Waals surface area contributed by atoms with Crippen LogP contribution in [0.4, 0.5) is 0 Å². The van der Waals surface area contributed by atoms with Gasteiger partial charge in [-0.05, 0) is 82.1 Å². The Kier molecular flexibility index (Phi) is 20.1. The van der Waals surface area contributed by atoms with Crippen LogP contribution in [0.25, 0.3) is 32.7 Å². The normalized spacial score (nSPS) is 25.5. The number of esters is 2. The van der Waals surface area contributed by atoms with Gasteiger partial charge in [-0.15, -0.1) is 0 Å². The van der Waals surface area contributed by atoms with Crippen molar-refractivity contribution in [2.45, 2.75) is 108 Å². The lowest BCUT2D eigenvalue weighted by Crippen LogP contribution is -2.50. The number of carbonyl (C=O) groups excluding carboxylic acids is 2. The van der Waals surface area contributed by atoms with E-state index in [1.165, 1.54) is 51.4 Å². The van der Waals surface area contributed by atoms with Gasteiger partial charge in [-0.2, -0.15) is 0 Å². The summed E-state index contributed by atoms with van der Waals surface area (Å²) in [5, 5.41) is 61.7. The highest BCUT2D eigenvalue weighted by Gasteiger charge is 2.42. The van der Waals surface area contributed by atoms with Crippen LogP contribution in [0.5, 0.6) is 0 Å². The monoisotopic (exact) mass is 951 g/mol. The molecule has 4 aliphatic rings. The third kappa shape index (κ3) is 13.4. The van der Waals surface area contributed by atoms with Crippen LogP contribution in [0.1, 0.15) is 93.4 Å². The lowest BCUT2D eigenvalue weighted by Gasteiger charge is -2.40. The number of hydrogen-bond donors (Lipinski definition) is 6. The topological polar surface area (TPSA) is 241 Å². The number of azide groups is 1. The minimum atomic E-state index is -0.918. The molecule has 10 atom stereocenters. The van der Waals surface area contributed by atoms with E-state index in [0.717, 1.165) is 0 Å². The highest BCUT2D eigenvalue weighted by atomic mass is 16.5. The summed E-state index contributed by atoms with van der Waals surface area (Å²) in [5.41, 5.74) is 18.0. The second-order valence-electron chi connectivity index (χ2n) is 18.6. The summed E-state index contributed by atoms with van der Waals surface area (Å²) >= 11 is 0. The Balaban J connectivity index is 0.000000184. The average Bonchev–Trinajstić information content (AvgIpc) is 3.87. The molecule has 2 fully saturated rings. The summed E-state index contributed by atoms with van der Waals surface area (Å²) in [6, 6.07) is 33.2. The summed E-state index contributed by atoms with van der Waals surface area (Å²) in [6.45, 7) is 6.83. The lowest BCUT2D eigenvalue weighted by atomic mass is 9.77. The van der Waals surface area contributed by atoms with Crippen molar-refractivity contribution in [2.75, 3.05) is 46.2 Å². The standard InChI is InChI=1S/C27H34O6.C16H14O2.C11H21N3O4/c1-17-24(14-18(15-28)27(31)26(17)30)32-13-7-6-12-25(29)33-16-23-21-10-4-2-8-19(21)20-9-3-5-11-22(20)23;1-11(17)18-10-16-14-8-4-2-6-12(14)13-7-3-5-9-15(13)16;1-7-9(18-4-2-3-13-14-12)5-8(6-15)11(17)10(7)16/h2-5,8-11,17-18,23-24,26-28,30-31H,6-7,12-16H2,1H3;2-9,16H,10H2,1H3;7-11,15-17H,2-6H2,1H3/t17?,18?,24-,26+,27+;;7?,8?,9-,10+,11+/m0.0/s1. The average molecular weight is 952 g/mol. The fourth-order valence-electron chi connectivity index (χ4n) is 10.1. The summed E-state index contributed by atoms with van der Waals surface area (Å²) < 4.78 is 22.4. The zero-order valence-electron chi connectivity index (χ0n) is 39.8. The quantitative estimate of drug-likeness (QED) is 0.0205. The van der Waals surface area contributed by atoms with Gasteiger partial charge in [0, 0.05) is 86.7 Å². The molecule has 0 spiro atoms. The Morgan fingerprint density at radius 2 is 0.986 bits per heavy atom. The molecule has 69 heavy (non-hydrogen) atoms. The van der Waals surface area contributed by atoms with Gasteiger partial charge in [0.05, 0.1) is 36.6 Å². The predicted molar refractivity (Wildman–Crippen MR) is 260 cm³/mol. The van der Waals surface area contributed by atoms with E-state index in [-0.39, 0.29) is 72.9 Å². The molecule has 8 rings (SSSR count). The lowest BCUT2D eigenvalue weighted by molar-refractivity contribution is -0.146. The van der Waals surface area contributed by atoms with Crippen molar-refractivity contribution < 1.29 is 59.2 Å². The number of aliphatic hydroxyl groups is 6. The zero-order chi connectivity index (χ0) is 49.5. The number of benzene rings is 4. The van der Waals surface area contributed by atoms with Crippen molar-refractivity contribution in [3.05, 3.63) is 130 Å². The molecule has 0 aliphatic heterocycles. The van der Waals surface area contributed by atoms with Gasteiger partial charge in [-0.3, -0.25) is 9.59 Å². The van der Waals surface area contributed by atoms with Crippen molar-refractivity contribution >= 4 is 11.9 Å². The Hall–Kier alpha value is -5.19. The molecule has 6 N–H and O–H groups in total. The van der Waals surface area contributed by atoms with Crippen molar-refractivity contribution in [1.82, 2.24) is 0 Å². The van der Waals surface area contributed by atoms with Crippen molar-refractivity contribution in [3.63, 3.8) is 0 Å². The first-order valence-electron chi connectivity index (χ1n) is 24.2. The van der Waals surface area contributed by atoms with E-state index in [2.05, 4.69) is 58.6 Å². The maximum absolute atomic E-state index is 12.3. The van der Waals surface area contributed by atoms with Crippen LogP contribution < -0.4 is 0 Å². The molecule has 15 heteroatoms. The van der Waals surface area contributed by atoms with Crippen LogP contribution in [-0.4, -0.2) is 125 Å². The molecule has 2 saturated carbocycles. The Morgan fingerprint density at radius 3 is 1.38 bits per heavy atom. The smallest absolute Gasteiger partial charge is 0.305 e. The molecule has 4 unspecified atom stereocenters. The molecule has 4 aromatic carbocycles. The van der Waals surface area contributed by atoms with Crippen LogP contribution in [0.15, 0.2) is 102 Å². The number of carbonyl (C=O) groups is 2. The SMILES string of the molecule is CC(=O)OCC1c2ccccc2-c2ccccc21.CC1[C@@H](OCCCCC(=O)OCC2c3ccccc3-c3ccccc32)CC(CO)[C@@H](O)[C@@H]1O.CC1[C@@H](OCCCN=[N+]=[N-])CC(CO)[C@@H](O)[C@@H]1O. The Labute approximate surface area is 404 Å². The number of fused-ring (bicyclic) bond motifs is 6. The van der Waals surface area contributed by atoms with Gasteiger partial charge in [0.15, 0.2) is 0 Å². The van der Waals surface area contributed by atoms with E-state index < -0.39 is 24.4 Å². The molecule has 0 radical (unpaired) electrons. The molecule has 372 valence electrons. The van der Waals surface area contributed by atoms with E-state index >= 15 is 0 Å². The third-order valence-electron chi connectivity index (χ3n) is 14.1. The number of hydrogen-bond acceptors (Lipinski definition) is 13. The van der Waals surface area contributed by atoms with E-state index in [4.69, 9.17) is 29.6 Å². The number of nitrogens with zero attached hydrogens (tertiary/aromatic N) is 3. The first-order valence-corrected chi connectivity index (χ1v) is 24.2. The number of rotatable bonds is 17. The third-order valence-corrected chi connectivity index (χ3v) is 14.1. The molecule has 0 bridgehead atoms. The molecular weight excluding hydrogens is 883 g/mol. The van der Waals surface area contributed by atoms with Crippen LogP contribution in [0.2, 0.25) is 0 Å². The largest absolute Gasteiger partial charge is 0.465 e. The molecule has 0 heterocycles. The maximum atomic E-state index is 12.3. The Morgan fingerprint density at radius 1 is 0.594 bits per heavy atom. The maximum Gasteiger partial charge on any atom is 0.305 e. The summed E-state index contributed by atoms with van der Waals surface area (Å²) in [5.74, 6) is -1.30. The van der Waals surface area contributed by atoms with Gasteiger partial charge >= 0.3 is 11.9 Å². The molecule has 0 amide bonds. The minimum Gasteiger partial charge on any atom is -0.465 e. The fraction of sp³-hybridized carbons (Fsp3) is 0.519. The van der Waals surface area contributed by atoms with Crippen LogP contribution in [0.3, 0.4) is 0 Å².